The highest BCUT2D eigenvalue weighted by Crippen LogP contribution is 2.42. The highest BCUT2D eigenvalue weighted by Gasteiger charge is 2.17. The van der Waals surface area contributed by atoms with Crippen LogP contribution in [-0.4, -0.2) is 4.57 Å². The molecule has 2 heteroatoms. The Labute approximate surface area is 315 Å². The third-order valence-electron chi connectivity index (χ3n) is 10.6. The van der Waals surface area contributed by atoms with Crippen LogP contribution in [0, 0.1) is 0 Å². The molecule has 0 aliphatic carbocycles. The number of rotatable bonds is 7. The standard InChI is InChI=1S/C52H36N2/c1-4-14-37(15-5-1)38-30-33-44(34-31-38)53(42-16-6-2-7-17-42)50-25-13-22-46-45(21-12-23-47(46)50)40-28-26-39(27-29-40)41-32-35-52-49(36-41)48-20-10-11-24-51(48)54(52)43-18-8-3-9-19-43/h1-36H. The van der Waals surface area contributed by atoms with Crippen molar-refractivity contribution in [3.05, 3.63) is 218 Å². The minimum atomic E-state index is 1.12. The fourth-order valence-corrected chi connectivity index (χ4v) is 8.03. The topological polar surface area (TPSA) is 8.17 Å². The van der Waals surface area contributed by atoms with Gasteiger partial charge in [-0.2, -0.15) is 0 Å². The Bertz CT molecular complexity index is 2890. The van der Waals surface area contributed by atoms with Crippen LogP contribution in [-0.2, 0) is 0 Å². The summed E-state index contributed by atoms with van der Waals surface area (Å²) in [5.41, 5.74) is 14.2. The van der Waals surface area contributed by atoms with Gasteiger partial charge in [0, 0.05) is 33.2 Å². The number of aromatic nitrogens is 1. The monoisotopic (exact) mass is 688 g/mol. The van der Waals surface area contributed by atoms with Crippen LogP contribution >= 0.6 is 0 Å². The minimum Gasteiger partial charge on any atom is -0.310 e. The molecule has 254 valence electrons. The zero-order valence-corrected chi connectivity index (χ0v) is 29.7. The minimum absolute atomic E-state index is 1.12. The van der Waals surface area contributed by atoms with E-state index >= 15 is 0 Å². The van der Waals surface area contributed by atoms with Gasteiger partial charge in [0.2, 0.25) is 0 Å². The number of para-hydroxylation sites is 3. The van der Waals surface area contributed by atoms with Crippen molar-refractivity contribution in [3.8, 4) is 39.1 Å². The highest BCUT2D eigenvalue weighted by molar-refractivity contribution is 6.10. The third kappa shape index (κ3) is 5.53. The van der Waals surface area contributed by atoms with E-state index in [0.717, 1.165) is 17.1 Å². The maximum Gasteiger partial charge on any atom is 0.0541 e. The molecule has 1 heterocycles. The van der Waals surface area contributed by atoms with Crippen molar-refractivity contribution in [1.29, 1.82) is 0 Å². The second-order valence-electron chi connectivity index (χ2n) is 13.8. The average molecular weight is 689 g/mol. The van der Waals surface area contributed by atoms with Crippen molar-refractivity contribution >= 4 is 49.6 Å². The Balaban J connectivity index is 1.03. The maximum absolute atomic E-state index is 2.37. The van der Waals surface area contributed by atoms with Gasteiger partial charge in [-0.25, -0.2) is 0 Å². The lowest BCUT2D eigenvalue weighted by molar-refractivity contribution is 1.18. The first-order valence-electron chi connectivity index (χ1n) is 18.5. The normalized spacial score (nSPS) is 11.3. The number of hydrogen-bond acceptors (Lipinski definition) is 1. The van der Waals surface area contributed by atoms with Crippen molar-refractivity contribution in [2.75, 3.05) is 4.90 Å². The smallest absolute Gasteiger partial charge is 0.0541 e. The molecule has 0 radical (unpaired) electrons. The summed E-state index contributed by atoms with van der Waals surface area (Å²) in [6.45, 7) is 0. The van der Waals surface area contributed by atoms with E-state index in [1.165, 1.54) is 71.6 Å². The van der Waals surface area contributed by atoms with Gasteiger partial charge in [-0.15, -0.1) is 0 Å². The van der Waals surface area contributed by atoms with E-state index in [-0.39, 0.29) is 0 Å². The van der Waals surface area contributed by atoms with Crippen molar-refractivity contribution < 1.29 is 0 Å². The summed E-state index contributed by atoms with van der Waals surface area (Å²) in [7, 11) is 0. The zero-order valence-electron chi connectivity index (χ0n) is 29.7. The van der Waals surface area contributed by atoms with Crippen LogP contribution in [0.1, 0.15) is 0 Å². The molecule has 10 rings (SSSR count). The molecular formula is C52H36N2. The van der Waals surface area contributed by atoms with Gasteiger partial charge in [0.05, 0.1) is 16.7 Å². The third-order valence-corrected chi connectivity index (χ3v) is 10.6. The molecule has 0 bridgehead atoms. The Morgan fingerprint density at radius 2 is 0.815 bits per heavy atom. The van der Waals surface area contributed by atoms with Crippen molar-refractivity contribution in [3.63, 3.8) is 0 Å². The predicted molar refractivity (Wildman–Crippen MR) is 229 cm³/mol. The predicted octanol–water partition coefficient (Wildman–Crippen LogP) is 14.4. The lowest BCUT2D eigenvalue weighted by Crippen LogP contribution is -2.10. The number of benzene rings is 9. The first-order chi connectivity index (χ1) is 26.8. The molecule has 0 amide bonds. The van der Waals surface area contributed by atoms with Gasteiger partial charge in [0.25, 0.3) is 0 Å². The van der Waals surface area contributed by atoms with Crippen molar-refractivity contribution in [2.45, 2.75) is 0 Å². The Hall–Kier alpha value is -7.16. The molecule has 0 atom stereocenters. The summed E-state index contributed by atoms with van der Waals surface area (Å²) in [5, 5.41) is 4.95. The van der Waals surface area contributed by atoms with Crippen LogP contribution in [0.15, 0.2) is 218 Å². The van der Waals surface area contributed by atoms with Crippen LogP contribution in [0.2, 0.25) is 0 Å². The van der Waals surface area contributed by atoms with Gasteiger partial charge < -0.3 is 9.47 Å². The lowest BCUT2D eigenvalue weighted by atomic mass is 9.95. The summed E-state index contributed by atoms with van der Waals surface area (Å²) in [4.78, 5) is 2.37. The zero-order chi connectivity index (χ0) is 35.8. The van der Waals surface area contributed by atoms with Crippen LogP contribution in [0.5, 0.6) is 0 Å². The van der Waals surface area contributed by atoms with E-state index in [4.69, 9.17) is 0 Å². The average Bonchev–Trinajstić information content (AvgIpc) is 3.59. The Morgan fingerprint density at radius 1 is 0.296 bits per heavy atom. The van der Waals surface area contributed by atoms with Gasteiger partial charge in [-0.1, -0.05) is 158 Å². The number of hydrogen-bond donors (Lipinski definition) is 0. The molecule has 0 fully saturated rings. The fourth-order valence-electron chi connectivity index (χ4n) is 8.03. The first-order valence-corrected chi connectivity index (χ1v) is 18.5. The van der Waals surface area contributed by atoms with E-state index in [1.54, 1.807) is 0 Å². The molecule has 0 spiro atoms. The van der Waals surface area contributed by atoms with Crippen LogP contribution in [0.3, 0.4) is 0 Å². The summed E-state index contributed by atoms with van der Waals surface area (Å²) in [6, 6.07) is 78.7. The molecule has 9 aromatic carbocycles. The van der Waals surface area contributed by atoms with Gasteiger partial charge in [0.15, 0.2) is 0 Å². The molecular weight excluding hydrogens is 653 g/mol. The highest BCUT2D eigenvalue weighted by atomic mass is 15.1. The SMILES string of the molecule is c1ccc(-c2ccc(N(c3ccccc3)c3cccc4c(-c5ccc(-c6ccc7c(c6)c6ccccc6n7-c6ccccc6)cc5)cccc34)cc2)cc1. The molecule has 10 aromatic rings. The summed E-state index contributed by atoms with van der Waals surface area (Å²) in [6.07, 6.45) is 0. The van der Waals surface area contributed by atoms with Crippen LogP contribution in [0.25, 0.3) is 71.6 Å². The van der Waals surface area contributed by atoms with E-state index in [2.05, 4.69) is 228 Å². The molecule has 1 aromatic heterocycles. The van der Waals surface area contributed by atoms with Crippen LogP contribution < -0.4 is 4.90 Å². The second-order valence-corrected chi connectivity index (χ2v) is 13.8. The fraction of sp³-hybridized carbons (Fsp3) is 0. The van der Waals surface area contributed by atoms with Crippen LogP contribution in [0.4, 0.5) is 17.1 Å². The summed E-state index contributed by atoms with van der Waals surface area (Å²) in [5.74, 6) is 0. The van der Waals surface area contributed by atoms with E-state index in [9.17, 15) is 0 Å². The molecule has 0 N–H and O–H groups in total. The number of fused-ring (bicyclic) bond motifs is 4. The Kier molecular flexibility index (Phi) is 7.85. The quantitative estimate of drug-likeness (QED) is 0.162. The molecule has 54 heavy (non-hydrogen) atoms. The van der Waals surface area contributed by atoms with E-state index in [1.807, 2.05) is 0 Å². The van der Waals surface area contributed by atoms with E-state index < -0.39 is 0 Å². The van der Waals surface area contributed by atoms with Crippen molar-refractivity contribution in [2.24, 2.45) is 0 Å². The largest absolute Gasteiger partial charge is 0.310 e. The molecule has 0 aliphatic heterocycles. The molecule has 0 aliphatic rings. The molecule has 0 unspecified atom stereocenters. The summed E-state index contributed by atoms with van der Waals surface area (Å²) >= 11 is 0. The first kappa shape index (κ1) is 31.6. The second kappa shape index (κ2) is 13.4. The summed E-state index contributed by atoms with van der Waals surface area (Å²) < 4.78 is 2.37. The molecule has 2 nitrogen and oxygen atoms in total. The van der Waals surface area contributed by atoms with Gasteiger partial charge in [0.1, 0.15) is 0 Å². The number of anilines is 3. The lowest BCUT2D eigenvalue weighted by Gasteiger charge is -2.27. The maximum atomic E-state index is 2.37. The van der Waals surface area contributed by atoms with Crippen molar-refractivity contribution in [1.82, 2.24) is 4.57 Å². The van der Waals surface area contributed by atoms with Gasteiger partial charge >= 0.3 is 0 Å². The van der Waals surface area contributed by atoms with Gasteiger partial charge in [-0.3, -0.25) is 0 Å². The Morgan fingerprint density at radius 3 is 1.59 bits per heavy atom. The van der Waals surface area contributed by atoms with E-state index in [0.29, 0.717) is 0 Å². The van der Waals surface area contributed by atoms with Gasteiger partial charge in [-0.05, 0) is 99.4 Å². The molecule has 0 saturated heterocycles. The number of nitrogens with zero attached hydrogens (tertiary/aromatic N) is 2. The molecule has 0 saturated carbocycles.